The van der Waals surface area contributed by atoms with Crippen LogP contribution in [0.1, 0.15) is 51.7 Å². The van der Waals surface area contributed by atoms with Crippen molar-refractivity contribution in [2.75, 3.05) is 31.1 Å². The second-order valence-corrected chi connectivity index (χ2v) is 14.9. The molecule has 0 spiro atoms. The summed E-state index contributed by atoms with van der Waals surface area (Å²) < 4.78 is 2.12. The lowest BCUT2D eigenvalue weighted by atomic mass is 9.79. The van der Waals surface area contributed by atoms with E-state index in [9.17, 15) is 34.5 Å². The van der Waals surface area contributed by atoms with Crippen molar-refractivity contribution < 1.29 is 39.1 Å². The van der Waals surface area contributed by atoms with E-state index in [0.717, 1.165) is 54.8 Å². The molecule has 0 saturated carbocycles. The first-order valence-electron chi connectivity index (χ1n) is 18.3. The number of amides is 1. The number of benzene rings is 4. The van der Waals surface area contributed by atoms with Crippen LogP contribution >= 0.6 is 0 Å². The van der Waals surface area contributed by atoms with Crippen LogP contribution in [-0.4, -0.2) is 80.5 Å². The Morgan fingerprint density at radius 1 is 0.673 bits per heavy atom. The van der Waals surface area contributed by atoms with E-state index >= 15 is 0 Å². The van der Waals surface area contributed by atoms with E-state index in [-0.39, 0.29) is 24.8 Å². The van der Waals surface area contributed by atoms with Gasteiger partial charge in [-0.05, 0) is 59.2 Å². The molecule has 2 heterocycles. The van der Waals surface area contributed by atoms with Crippen LogP contribution in [-0.2, 0) is 30.0 Å². The number of carbonyl (C=O) groups is 4. The molecule has 6 rings (SSSR count). The normalized spacial score (nSPS) is 16.6. The molecular weight excluding hydrogens is 695 g/mol. The summed E-state index contributed by atoms with van der Waals surface area (Å²) in [6, 6.07) is 24.7. The fourth-order valence-electron chi connectivity index (χ4n) is 8.17. The molecule has 0 saturated heterocycles. The Labute approximate surface area is 320 Å². The van der Waals surface area contributed by atoms with E-state index < -0.39 is 42.3 Å². The number of fused-ring (bicyclic) bond motifs is 6. The Morgan fingerprint density at radius 2 is 1.25 bits per heavy atom. The van der Waals surface area contributed by atoms with E-state index in [1.165, 1.54) is 5.56 Å². The third-order valence-electron chi connectivity index (χ3n) is 10.6. The summed E-state index contributed by atoms with van der Waals surface area (Å²) in [6.45, 7) is 7.83. The molecule has 10 heteroatoms. The lowest BCUT2D eigenvalue weighted by Gasteiger charge is -2.28. The van der Waals surface area contributed by atoms with Gasteiger partial charge in [0, 0.05) is 47.5 Å². The van der Waals surface area contributed by atoms with E-state index in [1.807, 2.05) is 72.9 Å². The first kappa shape index (κ1) is 38.4. The number of rotatable bonds is 14. The van der Waals surface area contributed by atoms with Crippen LogP contribution in [0.2, 0.25) is 0 Å². The molecular formula is C45H46N3O7+. The van der Waals surface area contributed by atoms with Crippen molar-refractivity contribution >= 4 is 62.4 Å². The molecule has 2 aliphatic rings. The number of anilines is 1. The number of hydrogen-bond donors (Lipinski definition) is 3. The molecule has 4 aromatic carbocycles. The van der Waals surface area contributed by atoms with Crippen LogP contribution in [0.4, 0.5) is 11.4 Å². The number of carbonyl (C=O) groups excluding carboxylic acids is 1. The fraction of sp³-hybridized carbons (Fsp3) is 0.267. The van der Waals surface area contributed by atoms with Crippen LogP contribution in [0, 0.1) is 0 Å². The van der Waals surface area contributed by atoms with Gasteiger partial charge in [0.1, 0.15) is 19.5 Å². The Kier molecular flexibility index (Phi) is 10.9. The maximum Gasteiger partial charge on any atom is 0.323 e. The molecule has 0 aliphatic carbocycles. The molecule has 0 bridgehead atoms. The minimum Gasteiger partial charge on any atom is -0.481 e. The second-order valence-electron chi connectivity index (χ2n) is 14.9. The maximum atomic E-state index is 13.2. The zero-order chi connectivity index (χ0) is 39.5. The minimum atomic E-state index is -1.28. The van der Waals surface area contributed by atoms with Crippen LogP contribution in [0.25, 0.3) is 21.5 Å². The molecule has 4 aromatic rings. The first-order chi connectivity index (χ1) is 26.2. The summed E-state index contributed by atoms with van der Waals surface area (Å²) in [5, 5.41) is 32.6. The molecule has 0 fully saturated rings. The highest BCUT2D eigenvalue weighted by atomic mass is 16.4. The van der Waals surface area contributed by atoms with Gasteiger partial charge >= 0.3 is 17.9 Å². The van der Waals surface area contributed by atoms with Gasteiger partial charge in [-0.3, -0.25) is 19.2 Å². The van der Waals surface area contributed by atoms with E-state index in [1.54, 1.807) is 0 Å². The van der Waals surface area contributed by atoms with Crippen LogP contribution in [0.15, 0.2) is 121 Å². The average Bonchev–Trinajstić information content (AvgIpc) is 3.49. The van der Waals surface area contributed by atoms with Gasteiger partial charge in [-0.15, -0.1) is 0 Å². The Bertz CT molecular complexity index is 2350. The van der Waals surface area contributed by atoms with Gasteiger partial charge in [-0.1, -0.05) is 98.8 Å². The van der Waals surface area contributed by atoms with Gasteiger partial charge in [0.15, 0.2) is 12.3 Å². The molecule has 1 amide bonds. The SMILES string of the molecule is CC1(C)C(=CC=CC=CC=CC2=[N+](CCC(=O)O)c3ccc4ccccc4c3C2(C)C)N(CCC(=O)N(CC(=O)O)CC(=O)O)c2ccc3ccccc3c21. The number of carboxylic acids is 3. The van der Waals surface area contributed by atoms with Crippen molar-refractivity contribution in [3.8, 4) is 0 Å². The van der Waals surface area contributed by atoms with E-state index in [0.29, 0.717) is 6.54 Å². The third kappa shape index (κ3) is 7.71. The quantitative estimate of drug-likeness (QED) is 0.0889. The monoisotopic (exact) mass is 740 g/mol. The zero-order valence-corrected chi connectivity index (χ0v) is 31.5. The van der Waals surface area contributed by atoms with E-state index in [2.05, 4.69) is 79.6 Å². The highest BCUT2D eigenvalue weighted by Crippen LogP contribution is 2.51. The summed E-state index contributed by atoms with van der Waals surface area (Å²) in [6.07, 6.45) is 13.7. The summed E-state index contributed by atoms with van der Waals surface area (Å²) in [5.74, 6) is -3.95. The Morgan fingerprint density at radius 3 is 1.89 bits per heavy atom. The van der Waals surface area contributed by atoms with Gasteiger partial charge in [0.2, 0.25) is 11.6 Å². The number of nitrogens with zero attached hydrogens (tertiary/aromatic N) is 3. The lowest BCUT2D eigenvalue weighted by molar-refractivity contribution is -0.436. The lowest BCUT2D eigenvalue weighted by Crippen LogP contribution is -2.41. The smallest absolute Gasteiger partial charge is 0.323 e. The van der Waals surface area contributed by atoms with Crippen molar-refractivity contribution in [2.45, 2.75) is 51.4 Å². The van der Waals surface area contributed by atoms with Crippen molar-refractivity contribution in [1.29, 1.82) is 0 Å². The largest absolute Gasteiger partial charge is 0.481 e. The molecule has 10 nitrogen and oxygen atoms in total. The second kappa shape index (κ2) is 15.6. The maximum absolute atomic E-state index is 13.2. The first-order valence-corrected chi connectivity index (χ1v) is 18.3. The molecule has 0 unspecified atom stereocenters. The summed E-state index contributed by atoms with van der Waals surface area (Å²) >= 11 is 0. The fourth-order valence-corrected chi connectivity index (χ4v) is 8.17. The van der Waals surface area contributed by atoms with Crippen molar-refractivity contribution in [3.63, 3.8) is 0 Å². The van der Waals surface area contributed by atoms with Crippen molar-refractivity contribution in [2.24, 2.45) is 0 Å². The number of carboxylic acid groups (broad SMARTS) is 3. The summed E-state index contributed by atoms with van der Waals surface area (Å²) in [5.41, 5.74) is 5.39. The zero-order valence-electron chi connectivity index (χ0n) is 31.5. The molecule has 3 N–H and O–H groups in total. The summed E-state index contributed by atoms with van der Waals surface area (Å²) in [7, 11) is 0. The van der Waals surface area contributed by atoms with Crippen LogP contribution < -0.4 is 4.90 Å². The highest BCUT2D eigenvalue weighted by molar-refractivity contribution is 6.07. The highest BCUT2D eigenvalue weighted by Gasteiger charge is 2.45. The van der Waals surface area contributed by atoms with Crippen LogP contribution in [0.5, 0.6) is 0 Å². The van der Waals surface area contributed by atoms with Gasteiger partial charge in [0.25, 0.3) is 0 Å². The van der Waals surface area contributed by atoms with Gasteiger partial charge in [-0.25, -0.2) is 0 Å². The molecule has 55 heavy (non-hydrogen) atoms. The topological polar surface area (TPSA) is 138 Å². The molecule has 0 aromatic heterocycles. The standard InChI is InChI=1S/C45H45N3O7/c1-44(2)36(47(26-24-38(49)46(28-40(52)53)29-41(54)55)34-22-20-30-14-10-12-16-32(30)42(34)44)18-8-6-5-7-9-19-37-45(3,4)43-33-17-13-11-15-31(33)21-23-35(43)48(37)27-25-39(50)51/h5-23H,24-29H2,1-4H3,(H2-,50,51,52,53,54,55)/p+1. The number of hydrogen-bond acceptors (Lipinski definition) is 5. The Hall–Kier alpha value is -6.29. The molecule has 2 aliphatic heterocycles. The van der Waals surface area contributed by atoms with Crippen molar-refractivity contribution in [3.05, 3.63) is 132 Å². The predicted octanol–water partition coefficient (Wildman–Crippen LogP) is 7.58. The average molecular weight is 741 g/mol. The third-order valence-corrected chi connectivity index (χ3v) is 10.6. The van der Waals surface area contributed by atoms with E-state index in [4.69, 9.17) is 0 Å². The molecule has 0 radical (unpaired) electrons. The molecule has 282 valence electrons. The minimum absolute atomic E-state index is 0.0110. The van der Waals surface area contributed by atoms with Gasteiger partial charge in [-0.2, -0.15) is 4.58 Å². The Balaban J connectivity index is 1.27. The summed E-state index contributed by atoms with van der Waals surface area (Å²) in [4.78, 5) is 50.5. The van der Waals surface area contributed by atoms with Crippen LogP contribution in [0.3, 0.4) is 0 Å². The van der Waals surface area contributed by atoms with Crippen molar-refractivity contribution in [1.82, 2.24) is 4.90 Å². The molecule has 0 atom stereocenters. The van der Waals surface area contributed by atoms with Gasteiger partial charge in [0.05, 0.1) is 5.41 Å². The number of aliphatic carboxylic acids is 3. The number of allylic oxidation sites excluding steroid dienone is 8. The predicted molar refractivity (Wildman–Crippen MR) is 215 cm³/mol. The van der Waals surface area contributed by atoms with Gasteiger partial charge < -0.3 is 25.1 Å².